The van der Waals surface area contributed by atoms with E-state index in [1.165, 1.54) is 25.7 Å². The molecule has 0 aromatic heterocycles. The van der Waals surface area contributed by atoms with Crippen LogP contribution in [0.2, 0.25) is 0 Å². The fraction of sp³-hybridized carbons (Fsp3) is 1.00. The van der Waals surface area contributed by atoms with Gasteiger partial charge in [0.2, 0.25) is 0 Å². The highest BCUT2D eigenvalue weighted by Crippen LogP contribution is 2.37. The summed E-state index contributed by atoms with van der Waals surface area (Å²) in [6, 6.07) is 0. The van der Waals surface area contributed by atoms with Crippen molar-refractivity contribution in [3.63, 3.8) is 0 Å². The van der Waals surface area contributed by atoms with Crippen LogP contribution in [0, 0.1) is 11.8 Å². The minimum absolute atomic E-state index is 1.10. The number of hydrogen-bond acceptors (Lipinski definition) is 0. The van der Waals surface area contributed by atoms with Crippen molar-refractivity contribution in [2.75, 3.05) is 0 Å². The van der Waals surface area contributed by atoms with Gasteiger partial charge in [-0.2, -0.15) is 0 Å². The SMILES string of the molecule is CCC1CC(CC)C1. The quantitative estimate of drug-likeness (QED) is 0.515. The molecule has 0 aromatic rings. The molecular weight excluding hydrogens is 96.1 g/mol. The maximum Gasteiger partial charge on any atom is -0.0412 e. The van der Waals surface area contributed by atoms with Crippen LogP contribution >= 0.6 is 0 Å². The lowest BCUT2D eigenvalue weighted by molar-refractivity contribution is 0.183. The predicted octanol–water partition coefficient (Wildman–Crippen LogP) is 2.83. The predicted molar refractivity (Wildman–Crippen MR) is 36.8 cm³/mol. The molecule has 1 saturated carbocycles. The molecule has 1 aliphatic carbocycles. The first-order valence-corrected chi connectivity index (χ1v) is 3.86. The molecule has 1 fully saturated rings. The molecule has 0 unspecified atom stereocenters. The van der Waals surface area contributed by atoms with Crippen LogP contribution in [0.4, 0.5) is 0 Å². The molecule has 0 aliphatic heterocycles. The Morgan fingerprint density at radius 3 is 1.62 bits per heavy atom. The van der Waals surface area contributed by atoms with Crippen LogP contribution in [0.1, 0.15) is 39.5 Å². The molecule has 0 N–H and O–H groups in total. The number of rotatable bonds is 2. The van der Waals surface area contributed by atoms with Crippen molar-refractivity contribution in [2.24, 2.45) is 11.8 Å². The third-order valence-electron chi connectivity index (χ3n) is 2.49. The van der Waals surface area contributed by atoms with Crippen molar-refractivity contribution in [1.82, 2.24) is 0 Å². The third-order valence-corrected chi connectivity index (χ3v) is 2.49. The maximum atomic E-state index is 2.30. The first-order valence-electron chi connectivity index (χ1n) is 3.86. The Labute approximate surface area is 52.3 Å². The molecule has 0 aromatic carbocycles. The molecule has 0 bridgehead atoms. The summed E-state index contributed by atoms with van der Waals surface area (Å²) in [7, 11) is 0. The van der Waals surface area contributed by atoms with E-state index in [2.05, 4.69) is 13.8 Å². The smallest absolute Gasteiger partial charge is 0.0412 e. The highest BCUT2D eigenvalue weighted by molar-refractivity contribution is 4.76. The Hall–Kier alpha value is 0. The van der Waals surface area contributed by atoms with Gasteiger partial charge in [-0.1, -0.05) is 26.7 Å². The van der Waals surface area contributed by atoms with E-state index in [1.807, 2.05) is 0 Å². The van der Waals surface area contributed by atoms with Gasteiger partial charge in [0.05, 0.1) is 0 Å². The second-order valence-corrected chi connectivity index (χ2v) is 3.02. The summed E-state index contributed by atoms with van der Waals surface area (Å²) in [5.74, 6) is 2.19. The van der Waals surface area contributed by atoms with Crippen molar-refractivity contribution in [2.45, 2.75) is 39.5 Å². The van der Waals surface area contributed by atoms with Crippen molar-refractivity contribution in [3.05, 3.63) is 0 Å². The second kappa shape index (κ2) is 2.52. The van der Waals surface area contributed by atoms with Crippen molar-refractivity contribution < 1.29 is 0 Å². The van der Waals surface area contributed by atoms with Gasteiger partial charge in [0.25, 0.3) is 0 Å². The van der Waals surface area contributed by atoms with Crippen molar-refractivity contribution in [1.29, 1.82) is 0 Å². The number of hydrogen-bond donors (Lipinski definition) is 0. The Morgan fingerprint density at radius 1 is 1.00 bits per heavy atom. The van der Waals surface area contributed by atoms with Crippen LogP contribution < -0.4 is 0 Å². The van der Waals surface area contributed by atoms with Gasteiger partial charge in [-0.25, -0.2) is 0 Å². The highest BCUT2D eigenvalue weighted by atomic mass is 14.3. The molecule has 48 valence electrons. The molecule has 0 heterocycles. The van der Waals surface area contributed by atoms with Crippen LogP contribution in [-0.2, 0) is 0 Å². The summed E-state index contributed by atoms with van der Waals surface area (Å²) in [6.07, 6.45) is 5.87. The molecule has 0 nitrogen and oxygen atoms in total. The molecule has 1 aliphatic rings. The molecule has 0 heteroatoms. The Morgan fingerprint density at radius 2 is 1.38 bits per heavy atom. The van der Waals surface area contributed by atoms with Crippen LogP contribution in [0.25, 0.3) is 0 Å². The lowest BCUT2D eigenvalue weighted by Gasteiger charge is -2.33. The summed E-state index contributed by atoms with van der Waals surface area (Å²) in [4.78, 5) is 0. The monoisotopic (exact) mass is 112 g/mol. The summed E-state index contributed by atoms with van der Waals surface area (Å²) in [5, 5.41) is 0. The van der Waals surface area contributed by atoms with Gasteiger partial charge in [-0.3, -0.25) is 0 Å². The second-order valence-electron chi connectivity index (χ2n) is 3.02. The lowest BCUT2D eigenvalue weighted by Crippen LogP contribution is -2.21. The van der Waals surface area contributed by atoms with E-state index < -0.39 is 0 Å². The summed E-state index contributed by atoms with van der Waals surface area (Å²) in [5.41, 5.74) is 0. The van der Waals surface area contributed by atoms with Crippen LogP contribution in [-0.4, -0.2) is 0 Å². The van der Waals surface area contributed by atoms with E-state index in [0.29, 0.717) is 0 Å². The van der Waals surface area contributed by atoms with Crippen LogP contribution in [0.5, 0.6) is 0 Å². The van der Waals surface area contributed by atoms with E-state index in [-0.39, 0.29) is 0 Å². The minimum atomic E-state index is 1.10. The van der Waals surface area contributed by atoms with Gasteiger partial charge < -0.3 is 0 Å². The van der Waals surface area contributed by atoms with Crippen LogP contribution in [0.15, 0.2) is 0 Å². The normalized spacial score (nSPS) is 36.8. The van der Waals surface area contributed by atoms with Crippen molar-refractivity contribution in [3.8, 4) is 0 Å². The third kappa shape index (κ3) is 1.04. The molecule has 0 saturated heterocycles. The first-order chi connectivity index (χ1) is 3.86. The van der Waals surface area contributed by atoms with Gasteiger partial charge in [0, 0.05) is 0 Å². The Balaban J connectivity index is 2.03. The summed E-state index contributed by atoms with van der Waals surface area (Å²) >= 11 is 0. The minimum Gasteiger partial charge on any atom is -0.0651 e. The molecule has 0 atom stereocenters. The van der Waals surface area contributed by atoms with E-state index >= 15 is 0 Å². The zero-order valence-electron chi connectivity index (χ0n) is 5.98. The average molecular weight is 112 g/mol. The largest absolute Gasteiger partial charge is 0.0651 e. The van der Waals surface area contributed by atoms with E-state index in [4.69, 9.17) is 0 Å². The Kier molecular flexibility index (Phi) is 1.93. The van der Waals surface area contributed by atoms with E-state index in [1.54, 1.807) is 0 Å². The van der Waals surface area contributed by atoms with Crippen LogP contribution in [0.3, 0.4) is 0 Å². The Bertz CT molecular complexity index is 52.4. The highest BCUT2D eigenvalue weighted by Gasteiger charge is 2.25. The molecule has 0 amide bonds. The van der Waals surface area contributed by atoms with Gasteiger partial charge in [0.1, 0.15) is 0 Å². The fourth-order valence-electron chi connectivity index (χ4n) is 1.54. The molecule has 8 heavy (non-hydrogen) atoms. The molecule has 1 rings (SSSR count). The van der Waals surface area contributed by atoms with Gasteiger partial charge in [-0.15, -0.1) is 0 Å². The lowest BCUT2D eigenvalue weighted by atomic mass is 9.72. The van der Waals surface area contributed by atoms with Gasteiger partial charge >= 0.3 is 0 Å². The average Bonchev–Trinajstić information content (AvgIpc) is 1.65. The summed E-state index contributed by atoms with van der Waals surface area (Å²) < 4.78 is 0. The molecular formula is C8H16. The fourth-order valence-corrected chi connectivity index (χ4v) is 1.54. The van der Waals surface area contributed by atoms with E-state index in [0.717, 1.165) is 11.8 Å². The summed E-state index contributed by atoms with van der Waals surface area (Å²) in [6.45, 7) is 4.60. The molecule has 0 radical (unpaired) electrons. The first kappa shape index (κ1) is 6.12. The molecule has 0 spiro atoms. The van der Waals surface area contributed by atoms with Gasteiger partial charge in [-0.05, 0) is 24.7 Å². The van der Waals surface area contributed by atoms with Gasteiger partial charge in [0.15, 0.2) is 0 Å². The zero-order valence-corrected chi connectivity index (χ0v) is 5.98. The maximum absolute atomic E-state index is 2.30. The zero-order chi connectivity index (χ0) is 5.98. The topological polar surface area (TPSA) is 0 Å². The van der Waals surface area contributed by atoms with E-state index in [9.17, 15) is 0 Å². The van der Waals surface area contributed by atoms with Crippen molar-refractivity contribution >= 4 is 0 Å². The standard InChI is InChI=1S/C8H16/c1-3-7-5-8(4-2)6-7/h7-8H,3-6H2,1-2H3.